The van der Waals surface area contributed by atoms with Crippen molar-refractivity contribution in [2.24, 2.45) is 0 Å². The summed E-state index contributed by atoms with van der Waals surface area (Å²) in [4.78, 5) is 6.85. The molecule has 3 rings (SSSR count). The highest BCUT2D eigenvalue weighted by atomic mass is 16.5. The predicted octanol–water partition coefficient (Wildman–Crippen LogP) is 1.17. The smallest absolute Gasteiger partial charge is 0.152 e. The third-order valence-corrected chi connectivity index (χ3v) is 3.56. The molecule has 0 aromatic carbocycles. The number of hydrogen-bond acceptors (Lipinski definition) is 5. The van der Waals surface area contributed by atoms with E-state index in [0.29, 0.717) is 0 Å². The van der Waals surface area contributed by atoms with Crippen molar-refractivity contribution in [3.8, 4) is 0 Å². The van der Waals surface area contributed by atoms with Gasteiger partial charge in [-0.3, -0.25) is 4.90 Å². The van der Waals surface area contributed by atoms with Gasteiger partial charge in [-0.05, 0) is 26.0 Å². The highest BCUT2D eigenvalue weighted by molar-refractivity contribution is 5.67. The van der Waals surface area contributed by atoms with Crippen LogP contribution in [0.25, 0.3) is 5.52 Å². The molecule has 1 saturated heterocycles. The molecule has 20 heavy (non-hydrogen) atoms. The lowest BCUT2D eigenvalue weighted by Crippen LogP contribution is -2.37. The van der Waals surface area contributed by atoms with E-state index in [1.54, 1.807) is 6.20 Å². The summed E-state index contributed by atoms with van der Waals surface area (Å²) in [7, 11) is 0. The van der Waals surface area contributed by atoms with Gasteiger partial charge in [0.1, 0.15) is 5.52 Å². The van der Waals surface area contributed by atoms with Crippen molar-refractivity contribution in [2.45, 2.75) is 13.3 Å². The Bertz CT molecular complexity index is 562. The van der Waals surface area contributed by atoms with Gasteiger partial charge in [-0.1, -0.05) is 0 Å². The largest absolute Gasteiger partial charge is 0.379 e. The maximum absolute atomic E-state index is 5.35. The van der Waals surface area contributed by atoms with Gasteiger partial charge in [-0.15, -0.1) is 0 Å². The van der Waals surface area contributed by atoms with Gasteiger partial charge in [0.05, 0.1) is 18.9 Å². The lowest BCUT2D eigenvalue weighted by Gasteiger charge is -2.26. The SMILES string of the molecule is Cc1cc2c(NCCCN3CCOCC3)nccn2n1. The third-order valence-electron chi connectivity index (χ3n) is 3.56. The zero-order valence-corrected chi connectivity index (χ0v) is 11.9. The van der Waals surface area contributed by atoms with Gasteiger partial charge in [-0.2, -0.15) is 5.10 Å². The van der Waals surface area contributed by atoms with E-state index < -0.39 is 0 Å². The van der Waals surface area contributed by atoms with Crippen molar-refractivity contribution in [2.75, 3.05) is 44.7 Å². The van der Waals surface area contributed by atoms with Crippen LogP contribution >= 0.6 is 0 Å². The number of morpholine rings is 1. The van der Waals surface area contributed by atoms with E-state index in [0.717, 1.165) is 62.8 Å². The lowest BCUT2D eigenvalue weighted by atomic mass is 10.3. The Labute approximate surface area is 118 Å². The summed E-state index contributed by atoms with van der Waals surface area (Å²) >= 11 is 0. The van der Waals surface area contributed by atoms with E-state index in [1.807, 2.05) is 17.6 Å². The van der Waals surface area contributed by atoms with Crippen molar-refractivity contribution in [1.82, 2.24) is 19.5 Å². The molecule has 6 nitrogen and oxygen atoms in total. The average molecular weight is 275 g/mol. The monoisotopic (exact) mass is 275 g/mol. The summed E-state index contributed by atoms with van der Waals surface area (Å²) in [5.74, 6) is 0.912. The van der Waals surface area contributed by atoms with Crippen molar-refractivity contribution >= 4 is 11.3 Å². The van der Waals surface area contributed by atoms with Gasteiger partial charge in [0.15, 0.2) is 5.82 Å². The summed E-state index contributed by atoms with van der Waals surface area (Å²) in [6.07, 6.45) is 4.76. The molecule has 1 fully saturated rings. The third kappa shape index (κ3) is 3.08. The van der Waals surface area contributed by atoms with Gasteiger partial charge in [0, 0.05) is 32.0 Å². The van der Waals surface area contributed by atoms with Crippen LogP contribution in [-0.4, -0.2) is 58.9 Å². The Balaban J connectivity index is 1.52. The normalized spacial score (nSPS) is 16.6. The van der Waals surface area contributed by atoms with Crippen molar-refractivity contribution in [3.63, 3.8) is 0 Å². The second-order valence-corrected chi connectivity index (χ2v) is 5.13. The lowest BCUT2D eigenvalue weighted by molar-refractivity contribution is 0.0378. The molecule has 0 spiro atoms. The maximum atomic E-state index is 5.35. The zero-order chi connectivity index (χ0) is 13.8. The fraction of sp³-hybridized carbons (Fsp3) is 0.571. The molecule has 0 bridgehead atoms. The molecular weight excluding hydrogens is 254 g/mol. The van der Waals surface area contributed by atoms with Gasteiger partial charge in [0.25, 0.3) is 0 Å². The van der Waals surface area contributed by atoms with E-state index in [9.17, 15) is 0 Å². The second kappa shape index (κ2) is 6.19. The second-order valence-electron chi connectivity index (χ2n) is 5.13. The number of nitrogens with one attached hydrogen (secondary N) is 1. The number of fused-ring (bicyclic) bond motifs is 1. The van der Waals surface area contributed by atoms with Gasteiger partial charge < -0.3 is 10.1 Å². The van der Waals surface area contributed by atoms with E-state index in [2.05, 4.69) is 26.4 Å². The topological polar surface area (TPSA) is 54.7 Å². The van der Waals surface area contributed by atoms with Crippen molar-refractivity contribution < 1.29 is 4.74 Å². The summed E-state index contributed by atoms with van der Waals surface area (Å²) in [6.45, 7) is 7.86. The van der Waals surface area contributed by atoms with Crippen LogP contribution in [0.2, 0.25) is 0 Å². The number of hydrogen-bond donors (Lipinski definition) is 1. The number of anilines is 1. The molecule has 3 heterocycles. The molecule has 2 aromatic heterocycles. The number of aryl methyl sites for hydroxylation is 1. The molecule has 1 aliphatic rings. The van der Waals surface area contributed by atoms with Crippen LogP contribution in [0, 0.1) is 6.92 Å². The molecule has 2 aromatic rings. The fourth-order valence-corrected chi connectivity index (χ4v) is 2.51. The molecule has 0 atom stereocenters. The minimum Gasteiger partial charge on any atom is -0.379 e. The van der Waals surface area contributed by atoms with E-state index in [4.69, 9.17) is 4.74 Å². The highest BCUT2D eigenvalue weighted by Gasteiger charge is 2.09. The highest BCUT2D eigenvalue weighted by Crippen LogP contribution is 2.14. The van der Waals surface area contributed by atoms with Gasteiger partial charge >= 0.3 is 0 Å². The van der Waals surface area contributed by atoms with Crippen LogP contribution < -0.4 is 5.32 Å². The maximum Gasteiger partial charge on any atom is 0.152 e. The zero-order valence-electron chi connectivity index (χ0n) is 11.9. The predicted molar refractivity (Wildman–Crippen MR) is 78.1 cm³/mol. The van der Waals surface area contributed by atoms with Crippen LogP contribution in [0.15, 0.2) is 18.5 Å². The van der Waals surface area contributed by atoms with Crippen molar-refractivity contribution in [1.29, 1.82) is 0 Å². The van der Waals surface area contributed by atoms with Crippen LogP contribution in [0.1, 0.15) is 12.1 Å². The summed E-state index contributed by atoms with van der Waals surface area (Å²) in [5.41, 5.74) is 2.05. The number of nitrogens with zero attached hydrogens (tertiary/aromatic N) is 4. The molecule has 0 radical (unpaired) electrons. The Morgan fingerprint density at radius 3 is 3.05 bits per heavy atom. The number of ether oxygens (including phenoxy) is 1. The van der Waals surface area contributed by atoms with Crippen molar-refractivity contribution in [3.05, 3.63) is 24.2 Å². The van der Waals surface area contributed by atoms with Crippen LogP contribution in [-0.2, 0) is 4.74 Å². The Morgan fingerprint density at radius 1 is 1.35 bits per heavy atom. The molecule has 6 heteroatoms. The minimum absolute atomic E-state index is 0.864. The molecule has 0 amide bonds. The molecule has 1 N–H and O–H groups in total. The Morgan fingerprint density at radius 2 is 2.20 bits per heavy atom. The summed E-state index contributed by atoms with van der Waals surface area (Å²) < 4.78 is 7.22. The summed E-state index contributed by atoms with van der Waals surface area (Å²) in [5, 5.41) is 7.80. The standard InChI is InChI=1S/C14H21N5O/c1-12-11-13-14(16-4-6-19(13)17-12)15-3-2-5-18-7-9-20-10-8-18/h4,6,11H,2-3,5,7-10H2,1H3,(H,15,16). The molecule has 0 unspecified atom stereocenters. The fourth-order valence-electron chi connectivity index (χ4n) is 2.51. The Hall–Kier alpha value is -1.66. The molecule has 0 aliphatic carbocycles. The Kier molecular flexibility index (Phi) is 4.13. The van der Waals surface area contributed by atoms with Crippen LogP contribution in [0.4, 0.5) is 5.82 Å². The molecule has 1 aliphatic heterocycles. The first-order chi connectivity index (χ1) is 9.83. The number of rotatable bonds is 5. The van der Waals surface area contributed by atoms with E-state index in [-0.39, 0.29) is 0 Å². The average Bonchev–Trinajstić information content (AvgIpc) is 2.86. The first-order valence-corrected chi connectivity index (χ1v) is 7.18. The first kappa shape index (κ1) is 13.3. The minimum atomic E-state index is 0.864. The summed E-state index contributed by atoms with van der Waals surface area (Å²) in [6, 6.07) is 2.05. The van der Waals surface area contributed by atoms with Gasteiger partial charge in [-0.25, -0.2) is 9.50 Å². The first-order valence-electron chi connectivity index (χ1n) is 7.18. The van der Waals surface area contributed by atoms with Gasteiger partial charge in [0.2, 0.25) is 0 Å². The molecule has 108 valence electrons. The quantitative estimate of drug-likeness (QED) is 0.830. The van der Waals surface area contributed by atoms with E-state index >= 15 is 0 Å². The van der Waals surface area contributed by atoms with Crippen LogP contribution in [0.5, 0.6) is 0 Å². The molecular formula is C14H21N5O. The van der Waals surface area contributed by atoms with Crippen LogP contribution in [0.3, 0.4) is 0 Å². The number of aromatic nitrogens is 3. The molecule has 0 saturated carbocycles. The van der Waals surface area contributed by atoms with E-state index in [1.165, 1.54) is 0 Å².